The van der Waals surface area contributed by atoms with Crippen LogP contribution in [-0.4, -0.2) is 53.6 Å². The Hall–Kier alpha value is -2.45. The molecule has 0 heterocycles. The van der Waals surface area contributed by atoms with Crippen LogP contribution in [0.25, 0.3) is 0 Å². The number of ether oxygens (including phenoxy) is 1. The van der Waals surface area contributed by atoms with Gasteiger partial charge in [0.25, 0.3) is 0 Å². The van der Waals surface area contributed by atoms with Crippen molar-refractivity contribution in [1.82, 2.24) is 16.0 Å². The smallest absolute Gasteiger partial charge is 0.329 e. The Bertz CT molecular complexity index is 784. The first kappa shape index (κ1) is 29.6. The number of amides is 2. The molecule has 0 fully saturated rings. The second kappa shape index (κ2) is 13.4. The number of nitrogens with one attached hydrogen (secondary N) is 3. The summed E-state index contributed by atoms with van der Waals surface area (Å²) in [7, 11) is 0. The lowest BCUT2D eigenvalue weighted by molar-refractivity contribution is -0.159. The molecule has 1 aromatic rings. The number of rotatable bonds is 12. The molecule has 8 heteroatoms. The molecule has 1 rings (SSSR count). The number of hydrogen-bond acceptors (Lipinski definition) is 6. The molecule has 0 saturated heterocycles. The molecule has 0 bridgehead atoms. The highest BCUT2D eigenvalue weighted by Gasteiger charge is 2.31. The average Bonchev–Trinajstić information content (AvgIpc) is 2.70. The number of carbonyl (C=O) groups excluding carboxylic acids is 3. The molecule has 3 atom stereocenters. The Morgan fingerprint density at radius 3 is 2.03 bits per heavy atom. The van der Waals surface area contributed by atoms with Gasteiger partial charge in [0.05, 0.1) is 6.04 Å². The standard InChI is InChI=1S/C26H44N4O4/c1-18(30-25(2,3)4)22(31)29-21(17-19-13-9-8-10-14-19)23(32)28-20(15-11-12-16-27)24(33)34-26(5,6)7/h8-10,13-14,18,20-21,30H,11-12,15-17,27H2,1-7H3,(H,28,32)(H,29,31)/t18-,20-,21-/m0/s1. The van der Waals surface area contributed by atoms with E-state index in [1.807, 2.05) is 51.1 Å². The molecule has 34 heavy (non-hydrogen) atoms. The average molecular weight is 477 g/mol. The van der Waals surface area contributed by atoms with Crippen molar-refractivity contribution in [2.24, 2.45) is 5.73 Å². The van der Waals surface area contributed by atoms with E-state index in [1.165, 1.54) is 0 Å². The summed E-state index contributed by atoms with van der Waals surface area (Å²) in [5.41, 5.74) is 5.55. The van der Waals surface area contributed by atoms with E-state index in [4.69, 9.17) is 10.5 Å². The van der Waals surface area contributed by atoms with Gasteiger partial charge in [-0.2, -0.15) is 0 Å². The van der Waals surface area contributed by atoms with Crippen molar-refractivity contribution in [2.45, 2.75) is 103 Å². The molecule has 0 saturated carbocycles. The Labute approximate surface area is 204 Å². The minimum atomic E-state index is -0.849. The van der Waals surface area contributed by atoms with Crippen LogP contribution in [0.5, 0.6) is 0 Å². The van der Waals surface area contributed by atoms with Crippen LogP contribution in [0.1, 0.15) is 73.3 Å². The Morgan fingerprint density at radius 1 is 0.912 bits per heavy atom. The van der Waals surface area contributed by atoms with E-state index >= 15 is 0 Å². The lowest BCUT2D eigenvalue weighted by atomic mass is 10.0. The summed E-state index contributed by atoms with van der Waals surface area (Å²) in [4.78, 5) is 39.0. The van der Waals surface area contributed by atoms with Gasteiger partial charge >= 0.3 is 5.97 Å². The van der Waals surface area contributed by atoms with E-state index in [0.29, 0.717) is 25.8 Å². The van der Waals surface area contributed by atoms with Crippen molar-refractivity contribution < 1.29 is 19.1 Å². The van der Waals surface area contributed by atoms with E-state index in [-0.39, 0.29) is 11.4 Å². The first-order valence-electron chi connectivity index (χ1n) is 12.1. The van der Waals surface area contributed by atoms with Crippen molar-refractivity contribution >= 4 is 17.8 Å². The molecule has 192 valence electrons. The Balaban J connectivity index is 3.05. The SMILES string of the molecule is C[C@H](NC(C)(C)C)C(=O)N[C@@H](Cc1ccccc1)C(=O)N[C@@H](CCCCN)C(=O)OC(C)(C)C. The number of carbonyl (C=O) groups is 3. The summed E-state index contributed by atoms with van der Waals surface area (Å²) >= 11 is 0. The Morgan fingerprint density at radius 2 is 1.50 bits per heavy atom. The second-order valence-electron chi connectivity index (χ2n) is 10.7. The topological polar surface area (TPSA) is 123 Å². The molecule has 0 aromatic heterocycles. The summed E-state index contributed by atoms with van der Waals surface area (Å²) in [6.07, 6.45) is 2.11. The van der Waals surface area contributed by atoms with Crippen LogP contribution in [0.3, 0.4) is 0 Å². The molecule has 0 aliphatic rings. The predicted molar refractivity (Wildman–Crippen MR) is 135 cm³/mol. The summed E-state index contributed by atoms with van der Waals surface area (Å²) in [5.74, 6) is -1.21. The van der Waals surface area contributed by atoms with Gasteiger partial charge in [-0.05, 0) is 79.8 Å². The first-order valence-corrected chi connectivity index (χ1v) is 12.1. The van der Waals surface area contributed by atoms with Crippen molar-refractivity contribution in [1.29, 1.82) is 0 Å². The van der Waals surface area contributed by atoms with Gasteiger partial charge in [0.15, 0.2) is 0 Å². The maximum Gasteiger partial charge on any atom is 0.329 e. The summed E-state index contributed by atoms with van der Waals surface area (Å²) < 4.78 is 5.52. The predicted octanol–water partition coefficient (Wildman–Crippen LogP) is 2.45. The highest BCUT2D eigenvalue weighted by atomic mass is 16.6. The van der Waals surface area contributed by atoms with Gasteiger partial charge in [-0.15, -0.1) is 0 Å². The highest BCUT2D eigenvalue weighted by molar-refractivity contribution is 5.92. The first-order chi connectivity index (χ1) is 15.7. The van der Waals surface area contributed by atoms with Crippen molar-refractivity contribution in [2.75, 3.05) is 6.54 Å². The zero-order valence-electron chi connectivity index (χ0n) is 21.9. The lowest BCUT2D eigenvalue weighted by Gasteiger charge is -2.28. The number of nitrogens with two attached hydrogens (primary N) is 1. The van der Waals surface area contributed by atoms with Crippen molar-refractivity contribution in [3.05, 3.63) is 35.9 Å². The van der Waals surface area contributed by atoms with Crippen LogP contribution in [0.15, 0.2) is 30.3 Å². The van der Waals surface area contributed by atoms with Crippen LogP contribution in [0, 0.1) is 0 Å². The molecule has 0 radical (unpaired) electrons. The van der Waals surface area contributed by atoms with E-state index in [0.717, 1.165) is 12.0 Å². The largest absolute Gasteiger partial charge is 0.458 e. The molecular formula is C26H44N4O4. The number of benzene rings is 1. The maximum atomic E-state index is 13.3. The minimum absolute atomic E-state index is 0.265. The molecule has 0 unspecified atom stereocenters. The van der Waals surface area contributed by atoms with Crippen molar-refractivity contribution in [3.63, 3.8) is 0 Å². The molecule has 5 N–H and O–H groups in total. The third-order valence-electron chi connectivity index (χ3n) is 4.91. The monoisotopic (exact) mass is 476 g/mol. The lowest BCUT2D eigenvalue weighted by Crippen LogP contribution is -2.57. The van der Waals surface area contributed by atoms with Gasteiger partial charge in [-0.3, -0.25) is 9.59 Å². The Kier molecular flexibility index (Phi) is 11.7. The van der Waals surface area contributed by atoms with E-state index < -0.39 is 35.6 Å². The fraction of sp³-hybridized carbons (Fsp3) is 0.654. The summed E-state index contributed by atoms with van der Waals surface area (Å²) in [6.45, 7) is 13.5. The van der Waals surface area contributed by atoms with Crippen LogP contribution >= 0.6 is 0 Å². The van der Waals surface area contributed by atoms with Gasteiger partial charge in [-0.25, -0.2) is 4.79 Å². The zero-order valence-corrected chi connectivity index (χ0v) is 21.9. The quantitative estimate of drug-likeness (QED) is 0.271. The zero-order chi connectivity index (χ0) is 25.9. The molecule has 0 aliphatic heterocycles. The number of unbranched alkanes of at least 4 members (excludes halogenated alkanes) is 1. The molecule has 1 aromatic carbocycles. The number of hydrogen-bond donors (Lipinski definition) is 4. The van der Waals surface area contributed by atoms with E-state index in [2.05, 4.69) is 16.0 Å². The van der Waals surface area contributed by atoms with E-state index in [1.54, 1.807) is 27.7 Å². The third-order valence-corrected chi connectivity index (χ3v) is 4.91. The van der Waals surface area contributed by atoms with Gasteiger partial charge in [0, 0.05) is 12.0 Å². The molecular weight excluding hydrogens is 432 g/mol. The van der Waals surface area contributed by atoms with Crippen molar-refractivity contribution in [3.8, 4) is 0 Å². The molecule has 8 nitrogen and oxygen atoms in total. The summed E-state index contributed by atoms with van der Waals surface area (Å²) in [5, 5.41) is 8.90. The van der Waals surface area contributed by atoms with E-state index in [9.17, 15) is 14.4 Å². The minimum Gasteiger partial charge on any atom is -0.458 e. The maximum absolute atomic E-state index is 13.3. The van der Waals surface area contributed by atoms with Crippen LogP contribution in [0.4, 0.5) is 0 Å². The highest BCUT2D eigenvalue weighted by Crippen LogP contribution is 2.13. The fourth-order valence-corrected chi connectivity index (χ4v) is 3.46. The molecule has 2 amide bonds. The fourth-order valence-electron chi connectivity index (χ4n) is 3.46. The number of esters is 1. The second-order valence-corrected chi connectivity index (χ2v) is 10.7. The van der Waals surface area contributed by atoms with Gasteiger partial charge in [0.1, 0.15) is 17.7 Å². The van der Waals surface area contributed by atoms with Crippen LogP contribution in [0.2, 0.25) is 0 Å². The van der Waals surface area contributed by atoms with Crippen LogP contribution < -0.4 is 21.7 Å². The van der Waals surface area contributed by atoms with Gasteiger partial charge < -0.3 is 26.4 Å². The van der Waals surface area contributed by atoms with Gasteiger partial charge in [0.2, 0.25) is 11.8 Å². The third kappa shape index (κ3) is 12.1. The molecule has 0 spiro atoms. The van der Waals surface area contributed by atoms with Crippen LogP contribution in [-0.2, 0) is 25.5 Å². The molecule has 0 aliphatic carbocycles. The summed E-state index contributed by atoms with van der Waals surface area (Å²) in [6, 6.07) is 7.28. The van der Waals surface area contributed by atoms with Gasteiger partial charge in [-0.1, -0.05) is 30.3 Å². The normalized spacial score (nSPS) is 14.6.